The SMILES string of the molecule is O=C(c1cc2ccccc2c(Cl)n1)N1CCOCC1CO. The summed E-state index contributed by atoms with van der Waals surface area (Å²) in [6.45, 7) is 1.11. The van der Waals surface area contributed by atoms with Gasteiger partial charge in [0.05, 0.1) is 25.9 Å². The van der Waals surface area contributed by atoms with Gasteiger partial charge in [0.15, 0.2) is 0 Å². The van der Waals surface area contributed by atoms with Crippen LogP contribution in [-0.2, 0) is 4.74 Å². The lowest BCUT2D eigenvalue weighted by Crippen LogP contribution is -2.50. The summed E-state index contributed by atoms with van der Waals surface area (Å²) in [5.41, 5.74) is 0.291. The molecule has 1 aromatic carbocycles. The van der Waals surface area contributed by atoms with Crippen LogP contribution in [0.15, 0.2) is 30.3 Å². The summed E-state index contributed by atoms with van der Waals surface area (Å²) in [6, 6.07) is 8.91. The van der Waals surface area contributed by atoms with Crippen LogP contribution in [0.3, 0.4) is 0 Å². The third kappa shape index (κ3) is 2.72. The molecular formula is C15H15ClN2O3. The molecule has 3 rings (SSSR count). The predicted molar refractivity (Wildman–Crippen MR) is 79.5 cm³/mol. The Kier molecular flexibility index (Phi) is 4.05. The molecule has 1 saturated heterocycles. The normalized spacial score (nSPS) is 19.0. The molecule has 1 aliphatic rings. The molecule has 2 aromatic rings. The standard InChI is InChI=1S/C15H15ClN2O3/c16-14-12-4-2-1-3-10(12)7-13(17-14)15(20)18-5-6-21-9-11(18)8-19/h1-4,7,11,19H,5-6,8-9H2. The first-order valence-electron chi connectivity index (χ1n) is 6.75. The zero-order valence-electron chi connectivity index (χ0n) is 11.3. The smallest absolute Gasteiger partial charge is 0.273 e. The van der Waals surface area contributed by atoms with Crippen molar-refractivity contribution < 1.29 is 14.6 Å². The number of halogens is 1. The molecule has 0 spiro atoms. The fraction of sp³-hybridized carbons (Fsp3) is 0.333. The van der Waals surface area contributed by atoms with Gasteiger partial charge in [-0.2, -0.15) is 0 Å². The van der Waals surface area contributed by atoms with E-state index in [9.17, 15) is 9.90 Å². The number of hydrogen-bond donors (Lipinski definition) is 1. The number of nitrogens with zero attached hydrogens (tertiary/aromatic N) is 2. The van der Waals surface area contributed by atoms with Crippen LogP contribution in [0.5, 0.6) is 0 Å². The molecule has 0 aliphatic carbocycles. The zero-order chi connectivity index (χ0) is 14.8. The van der Waals surface area contributed by atoms with Crippen LogP contribution in [0, 0.1) is 0 Å². The number of aliphatic hydroxyl groups is 1. The van der Waals surface area contributed by atoms with E-state index in [0.29, 0.717) is 30.6 Å². The average Bonchev–Trinajstić information content (AvgIpc) is 2.54. The highest BCUT2D eigenvalue weighted by atomic mass is 35.5. The van der Waals surface area contributed by atoms with Crippen molar-refractivity contribution in [3.05, 3.63) is 41.2 Å². The molecule has 0 saturated carbocycles. The Bertz CT molecular complexity index is 677. The van der Waals surface area contributed by atoms with Crippen molar-refractivity contribution in [2.24, 2.45) is 0 Å². The maximum Gasteiger partial charge on any atom is 0.273 e. The quantitative estimate of drug-likeness (QED) is 0.858. The van der Waals surface area contributed by atoms with Crippen LogP contribution in [0.4, 0.5) is 0 Å². The van der Waals surface area contributed by atoms with Crippen LogP contribution in [0.2, 0.25) is 5.15 Å². The van der Waals surface area contributed by atoms with E-state index in [-0.39, 0.29) is 18.6 Å². The molecule has 21 heavy (non-hydrogen) atoms. The van der Waals surface area contributed by atoms with Gasteiger partial charge in [-0.25, -0.2) is 4.98 Å². The highest BCUT2D eigenvalue weighted by Crippen LogP contribution is 2.23. The Labute approximate surface area is 127 Å². The van der Waals surface area contributed by atoms with Gasteiger partial charge in [0, 0.05) is 11.9 Å². The summed E-state index contributed by atoms with van der Waals surface area (Å²) in [5.74, 6) is -0.231. The summed E-state index contributed by atoms with van der Waals surface area (Å²) in [4.78, 5) is 18.4. The van der Waals surface area contributed by atoms with Crippen molar-refractivity contribution in [3.63, 3.8) is 0 Å². The van der Waals surface area contributed by atoms with Crippen LogP contribution >= 0.6 is 11.6 Å². The van der Waals surface area contributed by atoms with Crippen molar-refractivity contribution >= 4 is 28.3 Å². The van der Waals surface area contributed by atoms with E-state index in [1.165, 1.54) is 0 Å². The first kappa shape index (κ1) is 14.3. The van der Waals surface area contributed by atoms with Gasteiger partial charge in [-0.1, -0.05) is 35.9 Å². The number of amides is 1. The number of aliphatic hydroxyl groups excluding tert-OH is 1. The molecule has 0 radical (unpaired) electrons. The maximum atomic E-state index is 12.6. The van der Waals surface area contributed by atoms with Gasteiger partial charge in [0.25, 0.3) is 5.91 Å². The molecule has 0 bridgehead atoms. The molecule has 110 valence electrons. The number of morpholine rings is 1. The number of carbonyl (C=O) groups is 1. The molecule has 5 nitrogen and oxygen atoms in total. The minimum Gasteiger partial charge on any atom is -0.394 e. The molecule has 2 heterocycles. The summed E-state index contributed by atoms with van der Waals surface area (Å²) in [7, 11) is 0. The van der Waals surface area contributed by atoms with Crippen LogP contribution in [0.1, 0.15) is 10.5 Å². The lowest BCUT2D eigenvalue weighted by atomic mass is 10.1. The molecule has 1 fully saturated rings. The fourth-order valence-electron chi connectivity index (χ4n) is 2.49. The number of carbonyl (C=O) groups excluding carboxylic acids is 1. The summed E-state index contributed by atoms with van der Waals surface area (Å²) in [6.07, 6.45) is 0. The second-order valence-corrected chi connectivity index (χ2v) is 5.29. The van der Waals surface area contributed by atoms with E-state index in [4.69, 9.17) is 16.3 Å². The van der Waals surface area contributed by atoms with E-state index < -0.39 is 0 Å². The molecular weight excluding hydrogens is 292 g/mol. The van der Waals surface area contributed by atoms with Gasteiger partial charge >= 0.3 is 0 Å². The van der Waals surface area contributed by atoms with Gasteiger partial charge in [-0.05, 0) is 11.5 Å². The first-order valence-corrected chi connectivity index (χ1v) is 7.13. The number of aromatic nitrogens is 1. The van der Waals surface area contributed by atoms with Crippen molar-refractivity contribution in [3.8, 4) is 0 Å². The molecule has 1 N–H and O–H groups in total. The number of hydrogen-bond acceptors (Lipinski definition) is 4. The lowest BCUT2D eigenvalue weighted by molar-refractivity contribution is -0.0186. The van der Waals surface area contributed by atoms with Crippen molar-refractivity contribution in [2.45, 2.75) is 6.04 Å². The molecule has 1 aliphatic heterocycles. The Hall–Kier alpha value is -1.69. The average molecular weight is 307 g/mol. The monoisotopic (exact) mass is 306 g/mol. The van der Waals surface area contributed by atoms with Gasteiger partial charge in [-0.15, -0.1) is 0 Å². The Morgan fingerprint density at radius 2 is 2.29 bits per heavy atom. The fourth-order valence-corrected chi connectivity index (χ4v) is 2.75. The highest BCUT2D eigenvalue weighted by molar-refractivity contribution is 6.34. The Balaban J connectivity index is 1.97. The number of ether oxygens (including phenoxy) is 1. The molecule has 1 atom stereocenters. The summed E-state index contributed by atoms with van der Waals surface area (Å²) >= 11 is 6.16. The van der Waals surface area contributed by atoms with Gasteiger partial charge < -0.3 is 14.7 Å². The number of pyridine rings is 1. The molecule has 1 aromatic heterocycles. The first-order chi connectivity index (χ1) is 10.2. The largest absolute Gasteiger partial charge is 0.394 e. The van der Waals surface area contributed by atoms with Crippen LogP contribution in [-0.4, -0.2) is 53.3 Å². The van der Waals surface area contributed by atoms with E-state index in [1.807, 2.05) is 24.3 Å². The summed E-state index contributed by atoms with van der Waals surface area (Å²) < 4.78 is 5.28. The molecule has 1 amide bonds. The van der Waals surface area contributed by atoms with Gasteiger partial charge in [0.2, 0.25) is 0 Å². The molecule has 6 heteroatoms. The minimum atomic E-state index is -0.335. The van der Waals surface area contributed by atoms with Crippen molar-refractivity contribution in [1.82, 2.24) is 9.88 Å². The number of fused-ring (bicyclic) bond motifs is 1. The zero-order valence-corrected chi connectivity index (χ0v) is 12.1. The second-order valence-electron chi connectivity index (χ2n) is 4.93. The van der Waals surface area contributed by atoms with Crippen LogP contribution < -0.4 is 0 Å². The Morgan fingerprint density at radius 3 is 3.10 bits per heavy atom. The topological polar surface area (TPSA) is 62.7 Å². The molecule has 1 unspecified atom stereocenters. The predicted octanol–water partition coefficient (Wildman–Crippen LogP) is 1.72. The number of benzene rings is 1. The third-order valence-corrected chi connectivity index (χ3v) is 3.90. The summed E-state index contributed by atoms with van der Waals surface area (Å²) in [5, 5.41) is 11.4. The maximum absolute atomic E-state index is 12.6. The van der Waals surface area contributed by atoms with Crippen molar-refractivity contribution in [2.75, 3.05) is 26.4 Å². The minimum absolute atomic E-state index is 0.132. The van der Waals surface area contributed by atoms with E-state index in [1.54, 1.807) is 11.0 Å². The lowest BCUT2D eigenvalue weighted by Gasteiger charge is -2.34. The van der Waals surface area contributed by atoms with Crippen LogP contribution in [0.25, 0.3) is 10.8 Å². The van der Waals surface area contributed by atoms with E-state index in [0.717, 1.165) is 10.8 Å². The Morgan fingerprint density at radius 1 is 1.48 bits per heavy atom. The van der Waals surface area contributed by atoms with E-state index in [2.05, 4.69) is 4.98 Å². The van der Waals surface area contributed by atoms with Gasteiger partial charge in [-0.3, -0.25) is 4.79 Å². The third-order valence-electron chi connectivity index (χ3n) is 3.61. The number of rotatable bonds is 2. The van der Waals surface area contributed by atoms with E-state index >= 15 is 0 Å². The highest BCUT2D eigenvalue weighted by Gasteiger charge is 2.28. The van der Waals surface area contributed by atoms with Crippen molar-refractivity contribution in [1.29, 1.82) is 0 Å². The second kappa shape index (κ2) is 5.97. The van der Waals surface area contributed by atoms with Gasteiger partial charge in [0.1, 0.15) is 10.8 Å².